The molecular weight excluding hydrogens is 466 g/mol. The van der Waals surface area contributed by atoms with Crippen LogP contribution in [0.25, 0.3) is 22.0 Å². The molecule has 3 aromatic rings. The molecule has 5 rings (SSSR count). The van der Waals surface area contributed by atoms with E-state index >= 15 is 0 Å². The van der Waals surface area contributed by atoms with Crippen LogP contribution in [-0.2, 0) is 17.8 Å². The molecule has 0 atom stereocenters. The van der Waals surface area contributed by atoms with Gasteiger partial charge in [0.05, 0.1) is 0 Å². The molecule has 0 saturated heterocycles. The summed E-state index contributed by atoms with van der Waals surface area (Å²) in [5.41, 5.74) is 12.4. The van der Waals surface area contributed by atoms with E-state index in [0.717, 1.165) is 44.6 Å². The summed E-state index contributed by atoms with van der Waals surface area (Å²) in [6, 6.07) is 16.2. The normalized spacial score (nSPS) is 20.7. The summed E-state index contributed by atoms with van der Waals surface area (Å²) in [4.78, 5) is 12.8. The third kappa shape index (κ3) is 6.52. The van der Waals surface area contributed by atoms with Crippen LogP contribution in [0.1, 0.15) is 75.3 Å². The molecule has 5 heteroatoms. The Balaban J connectivity index is 0.00000304. The predicted molar refractivity (Wildman–Crippen MR) is 153 cm³/mol. The van der Waals surface area contributed by atoms with Gasteiger partial charge in [0, 0.05) is 42.1 Å². The molecule has 194 valence electrons. The number of hydrogen-bond donors (Lipinski definition) is 2. The van der Waals surface area contributed by atoms with E-state index in [-0.39, 0.29) is 18.3 Å². The summed E-state index contributed by atoms with van der Waals surface area (Å²) in [5, 5.41) is 4.57. The molecule has 0 bridgehead atoms. The molecule has 36 heavy (non-hydrogen) atoms. The minimum absolute atomic E-state index is 0. The molecule has 4 nitrogen and oxygen atoms in total. The minimum Gasteiger partial charge on any atom is -0.353 e. The van der Waals surface area contributed by atoms with Crippen molar-refractivity contribution in [1.29, 1.82) is 0 Å². The van der Waals surface area contributed by atoms with Crippen LogP contribution in [-0.4, -0.2) is 22.6 Å². The molecule has 2 saturated carbocycles. The first-order valence-corrected chi connectivity index (χ1v) is 13.8. The highest BCUT2D eigenvalue weighted by Gasteiger charge is 2.21. The first kappa shape index (κ1) is 26.8. The third-order valence-corrected chi connectivity index (χ3v) is 8.25. The van der Waals surface area contributed by atoms with Crippen molar-refractivity contribution in [3.05, 3.63) is 59.8 Å². The SMILES string of the molecule is Cc1cccc(-c2ccc3c(c2)c(CCC(=O)N[C@H]2CC[C@@H](N)CC2)cn3CC2CCCCC2)c1.Cl. The number of rotatable bonds is 7. The first-order valence-electron chi connectivity index (χ1n) is 13.8. The largest absolute Gasteiger partial charge is 0.353 e. The van der Waals surface area contributed by atoms with E-state index < -0.39 is 0 Å². The molecule has 0 unspecified atom stereocenters. The number of fused-ring (bicyclic) bond motifs is 1. The molecule has 2 aromatic carbocycles. The Bertz CT molecular complexity index is 1160. The molecular formula is C31H42ClN3O. The Kier molecular flexibility index (Phi) is 9.14. The monoisotopic (exact) mass is 507 g/mol. The van der Waals surface area contributed by atoms with Gasteiger partial charge in [-0.1, -0.05) is 55.2 Å². The summed E-state index contributed by atoms with van der Waals surface area (Å²) in [7, 11) is 0. The molecule has 0 radical (unpaired) electrons. The molecule has 2 fully saturated rings. The summed E-state index contributed by atoms with van der Waals surface area (Å²) in [5.74, 6) is 0.943. The van der Waals surface area contributed by atoms with E-state index in [0.29, 0.717) is 18.5 Å². The first-order chi connectivity index (χ1) is 17.0. The van der Waals surface area contributed by atoms with Gasteiger partial charge in [-0.15, -0.1) is 12.4 Å². The number of nitrogens with one attached hydrogen (secondary N) is 1. The van der Waals surface area contributed by atoms with Crippen LogP contribution in [0.15, 0.2) is 48.7 Å². The maximum atomic E-state index is 12.8. The van der Waals surface area contributed by atoms with Crippen LogP contribution < -0.4 is 11.1 Å². The lowest BCUT2D eigenvalue weighted by Gasteiger charge is -2.26. The molecule has 2 aliphatic carbocycles. The van der Waals surface area contributed by atoms with Crippen LogP contribution in [0.2, 0.25) is 0 Å². The topological polar surface area (TPSA) is 60.1 Å². The van der Waals surface area contributed by atoms with Crippen molar-refractivity contribution < 1.29 is 4.79 Å². The second kappa shape index (κ2) is 12.3. The number of aryl methyl sites for hydroxylation is 2. The van der Waals surface area contributed by atoms with Gasteiger partial charge in [0.1, 0.15) is 0 Å². The number of hydrogen-bond acceptors (Lipinski definition) is 2. The standard InChI is InChI=1S/C31H41N3O.ClH/c1-22-6-5-9-24(18-22)25-10-16-30-29(19-25)26(21-34(30)20-23-7-3-2-4-8-23)11-17-31(35)33-28-14-12-27(32)13-15-28;/h5-6,9-10,16,18-19,21,23,27-28H,2-4,7-8,11-15,17,20,32H2,1H3,(H,33,35);1H/t27-,28+;. The van der Waals surface area contributed by atoms with Crippen molar-refractivity contribution in [3.63, 3.8) is 0 Å². The number of nitrogens with two attached hydrogens (primary N) is 1. The number of aromatic nitrogens is 1. The van der Waals surface area contributed by atoms with Crippen LogP contribution in [0.5, 0.6) is 0 Å². The van der Waals surface area contributed by atoms with Gasteiger partial charge in [0.15, 0.2) is 0 Å². The summed E-state index contributed by atoms with van der Waals surface area (Å²) in [6.07, 6.45) is 14.5. The molecule has 0 spiro atoms. The highest BCUT2D eigenvalue weighted by atomic mass is 35.5. The Morgan fingerprint density at radius 2 is 1.72 bits per heavy atom. The predicted octanol–water partition coefficient (Wildman–Crippen LogP) is 6.94. The van der Waals surface area contributed by atoms with E-state index in [9.17, 15) is 4.79 Å². The van der Waals surface area contributed by atoms with Gasteiger partial charge in [0.2, 0.25) is 5.91 Å². The zero-order valence-electron chi connectivity index (χ0n) is 21.7. The van der Waals surface area contributed by atoms with Gasteiger partial charge in [-0.05, 0) is 86.6 Å². The average Bonchev–Trinajstić information content (AvgIpc) is 3.21. The number of benzene rings is 2. The van der Waals surface area contributed by atoms with Crippen molar-refractivity contribution >= 4 is 29.2 Å². The van der Waals surface area contributed by atoms with E-state index in [1.165, 1.54) is 65.3 Å². The summed E-state index contributed by atoms with van der Waals surface area (Å²) in [6.45, 7) is 3.24. The van der Waals surface area contributed by atoms with E-state index in [1.54, 1.807) is 0 Å². The Labute approximate surface area is 222 Å². The maximum Gasteiger partial charge on any atom is 0.220 e. The van der Waals surface area contributed by atoms with E-state index in [1.807, 2.05) is 0 Å². The molecule has 0 aliphatic heterocycles. The van der Waals surface area contributed by atoms with Gasteiger partial charge < -0.3 is 15.6 Å². The number of amides is 1. The summed E-state index contributed by atoms with van der Waals surface area (Å²) >= 11 is 0. The molecule has 3 N–H and O–H groups in total. The van der Waals surface area contributed by atoms with Gasteiger partial charge in [-0.3, -0.25) is 4.79 Å². The molecule has 1 heterocycles. The highest BCUT2D eigenvalue weighted by Crippen LogP contribution is 2.32. The van der Waals surface area contributed by atoms with Crippen LogP contribution in [0.3, 0.4) is 0 Å². The van der Waals surface area contributed by atoms with Gasteiger partial charge in [-0.2, -0.15) is 0 Å². The minimum atomic E-state index is 0. The van der Waals surface area contributed by atoms with Crippen LogP contribution in [0, 0.1) is 12.8 Å². The van der Waals surface area contributed by atoms with Crippen molar-refractivity contribution in [2.75, 3.05) is 0 Å². The molecule has 1 amide bonds. The average molecular weight is 508 g/mol. The number of nitrogens with zero attached hydrogens (tertiary/aromatic N) is 1. The van der Waals surface area contributed by atoms with E-state index in [4.69, 9.17) is 5.73 Å². The lowest BCUT2D eigenvalue weighted by molar-refractivity contribution is -0.122. The van der Waals surface area contributed by atoms with Crippen molar-refractivity contribution in [2.45, 2.75) is 96.2 Å². The second-order valence-corrected chi connectivity index (χ2v) is 11.1. The van der Waals surface area contributed by atoms with Gasteiger partial charge in [0.25, 0.3) is 0 Å². The van der Waals surface area contributed by atoms with Crippen molar-refractivity contribution in [3.8, 4) is 11.1 Å². The smallest absolute Gasteiger partial charge is 0.220 e. The third-order valence-electron chi connectivity index (χ3n) is 8.25. The number of carbonyl (C=O) groups excluding carboxylic acids is 1. The quantitative estimate of drug-likeness (QED) is 0.364. The Hall–Kier alpha value is -2.30. The van der Waals surface area contributed by atoms with Crippen molar-refractivity contribution in [1.82, 2.24) is 9.88 Å². The number of halogens is 1. The lowest BCUT2D eigenvalue weighted by Crippen LogP contribution is -2.40. The zero-order valence-corrected chi connectivity index (χ0v) is 22.5. The lowest BCUT2D eigenvalue weighted by atomic mass is 9.89. The van der Waals surface area contributed by atoms with Crippen LogP contribution in [0.4, 0.5) is 0 Å². The van der Waals surface area contributed by atoms with Gasteiger partial charge in [-0.25, -0.2) is 0 Å². The Morgan fingerprint density at radius 1 is 0.972 bits per heavy atom. The number of carbonyl (C=O) groups is 1. The van der Waals surface area contributed by atoms with Gasteiger partial charge >= 0.3 is 0 Å². The fraction of sp³-hybridized carbons (Fsp3) is 0.516. The molecule has 2 aliphatic rings. The van der Waals surface area contributed by atoms with E-state index in [2.05, 4.69) is 65.5 Å². The fourth-order valence-corrected chi connectivity index (χ4v) is 6.18. The highest BCUT2D eigenvalue weighted by molar-refractivity contribution is 5.89. The molecule has 1 aromatic heterocycles. The van der Waals surface area contributed by atoms with Crippen LogP contribution >= 0.6 is 12.4 Å². The fourth-order valence-electron chi connectivity index (χ4n) is 6.18. The Morgan fingerprint density at radius 3 is 2.47 bits per heavy atom. The summed E-state index contributed by atoms with van der Waals surface area (Å²) < 4.78 is 2.47. The second-order valence-electron chi connectivity index (χ2n) is 11.1. The van der Waals surface area contributed by atoms with Crippen molar-refractivity contribution in [2.24, 2.45) is 11.7 Å². The zero-order chi connectivity index (χ0) is 24.2. The maximum absolute atomic E-state index is 12.8.